The number of ether oxygens (including phenoxy) is 1. The highest BCUT2D eigenvalue weighted by atomic mass is 79.9. The van der Waals surface area contributed by atoms with E-state index in [4.69, 9.17) is 4.74 Å². The number of hydrogen-bond donors (Lipinski definition) is 1. The van der Waals surface area contributed by atoms with Crippen molar-refractivity contribution in [3.8, 4) is 5.69 Å². The van der Waals surface area contributed by atoms with E-state index < -0.39 is 0 Å². The molecule has 5 nitrogen and oxygen atoms in total. The van der Waals surface area contributed by atoms with Crippen molar-refractivity contribution in [1.29, 1.82) is 0 Å². The van der Waals surface area contributed by atoms with Crippen molar-refractivity contribution in [2.24, 2.45) is 0 Å². The molecule has 2 saturated heterocycles. The van der Waals surface area contributed by atoms with Crippen LogP contribution in [0.15, 0.2) is 34.8 Å². The zero-order valence-electron chi connectivity index (χ0n) is 17.0. The average molecular weight is 478 g/mol. The predicted molar refractivity (Wildman–Crippen MR) is 122 cm³/mol. The third-order valence-corrected chi connectivity index (χ3v) is 7.81. The van der Waals surface area contributed by atoms with Crippen LogP contribution < -0.4 is 5.32 Å². The van der Waals surface area contributed by atoms with Crippen molar-refractivity contribution in [3.63, 3.8) is 0 Å². The van der Waals surface area contributed by atoms with Crippen LogP contribution in [0.4, 0.5) is 0 Å². The molecular weight excluding hydrogens is 450 g/mol. The highest BCUT2D eigenvalue weighted by Crippen LogP contribution is 2.34. The van der Waals surface area contributed by atoms with Crippen molar-refractivity contribution >= 4 is 33.6 Å². The zero-order chi connectivity index (χ0) is 20.4. The molecule has 3 heterocycles. The molecule has 2 fully saturated rings. The third kappa shape index (κ3) is 4.29. The Balaban J connectivity index is 1.52. The molecule has 0 bridgehead atoms. The summed E-state index contributed by atoms with van der Waals surface area (Å²) in [7, 11) is 0. The van der Waals surface area contributed by atoms with Crippen LogP contribution in [0, 0.1) is 13.8 Å². The Morgan fingerprint density at radius 2 is 2.07 bits per heavy atom. The van der Waals surface area contributed by atoms with Crippen LogP contribution in [0.2, 0.25) is 0 Å². The number of aryl methyl sites for hydroxylation is 1. The molecule has 156 valence electrons. The van der Waals surface area contributed by atoms with Crippen LogP contribution in [0.3, 0.4) is 0 Å². The zero-order valence-corrected chi connectivity index (χ0v) is 19.4. The number of aromatic nitrogens is 1. The molecule has 2 aliphatic rings. The van der Waals surface area contributed by atoms with Gasteiger partial charge in [-0.25, -0.2) is 0 Å². The Hall–Kier alpha value is -1.28. The molecule has 0 radical (unpaired) electrons. The van der Waals surface area contributed by atoms with E-state index in [1.54, 1.807) is 0 Å². The lowest BCUT2D eigenvalue weighted by molar-refractivity contribution is -0.0129. The Morgan fingerprint density at radius 1 is 1.28 bits per heavy atom. The molecule has 29 heavy (non-hydrogen) atoms. The second kappa shape index (κ2) is 8.84. The molecule has 4 rings (SSSR count). The van der Waals surface area contributed by atoms with E-state index >= 15 is 0 Å². The first-order valence-electron chi connectivity index (χ1n) is 10.1. The number of amides is 1. The Morgan fingerprint density at radius 3 is 2.76 bits per heavy atom. The van der Waals surface area contributed by atoms with E-state index in [9.17, 15) is 4.79 Å². The summed E-state index contributed by atoms with van der Waals surface area (Å²) in [6, 6.07) is 10.2. The standard InChI is InChI=1S/C22H28BrN3O2S/c1-16-12-20(17(2)26(16)19-5-3-4-18(23)13-19)21(27)24-14-22(6-11-29-15-22)25-7-9-28-10-8-25/h3-5,12-13H,6-11,14-15H2,1-2H3,(H,24,27). The first-order valence-corrected chi connectivity index (χ1v) is 12.1. The fourth-order valence-electron chi connectivity index (χ4n) is 4.48. The summed E-state index contributed by atoms with van der Waals surface area (Å²) in [5.41, 5.74) is 3.90. The minimum absolute atomic E-state index is 0.0175. The van der Waals surface area contributed by atoms with Crippen LogP contribution in [0.5, 0.6) is 0 Å². The van der Waals surface area contributed by atoms with E-state index in [-0.39, 0.29) is 11.4 Å². The van der Waals surface area contributed by atoms with Crippen molar-refractivity contribution < 1.29 is 9.53 Å². The van der Waals surface area contributed by atoms with Gasteiger partial charge in [-0.05, 0) is 50.3 Å². The van der Waals surface area contributed by atoms with E-state index in [1.807, 2.05) is 43.8 Å². The number of halogens is 1. The van der Waals surface area contributed by atoms with E-state index in [2.05, 4.69) is 42.8 Å². The quantitative estimate of drug-likeness (QED) is 0.711. The van der Waals surface area contributed by atoms with Gasteiger partial charge in [-0.3, -0.25) is 9.69 Å². The summed E-state index contributed by atoms with van der Waals surface area (Å²) in [5, 5.41) is 3.27. The fourth-order valence-corrected chi connectivity index (χ4v) is 6.34. The summed E-state index contributed by atoms with van der Waals surface area (Å²) in [4.78, 5) is 15.7. The molecule has 1 aromatic carbocycles. The van der Waals surface area contributed by atoms with Gasteiger partial charge in [0.05, 0.1) is 18.8 Å². The number of thioether (sulfide) groups is 1. The van der Waals surface area contributed by atoms with E-state index in [0.29, 0.717) is 6.54 Å². The molecule has 0 spiro atoms. The second-order valence-corrected chi connectivity index (χ2v) is 9.93. The van der Waals surface area contributed by atoms with Gasteiger partial charge in [0, 0.05) is 52.5 Å². The second-order valence-electron chi connectivity index (χ2n) is 7.91. The molecule has 0 aliphatic carbocycles. The maximum Gasteiger partial charge on any atom is 0.253 e. The van der Waals surface area contributed by atoms with Gasteiger partial charge in [0.25, 0.3) is 5.91 Å². The monoisotopic (exact) mass is 477 g/mol. The van der Waals surface area contributed by atoms with Crippen LogP contribution in [-0.4, -0.2) is 65.3 Å². The van der Waals surface area contributed by atoms with Crippen molar-refractivity contribution in [3.05, 3.63) is 51.8 Å². The van der Waals surface area contributed by atoms with Crippen LogP contribution in [0.25, 0.3) is 5.69 Å². The normalized spacial score (nSPS) is 22.7. The summed E-state index contributed by atoms with van der Waals surface area (Å²) in [5.74, 6) is 2.25. The van der Waals surface area contributed by atoms with Gasteiger partial charge in [0.1, 0.15) is 0 Å². The number of rotatable bonds is 5. The first kappa shape index (κ1) is 21.0. The number of nitrogens with one attached hydrogen (secondary N) is 1. The summed E-state index contributed by atoms with van der Waals surface area (Å²) < 4.78 is 8.71. The largest absolute Gasteiger partial charge is 0.379 e. The smallest absolute Gasteiger partial charge is 0.253 e. The van der Waals surface area contributed by atoms with Crippen LogP contribution >= 0.6 is 27.7 Å². The van der Waals surface area contributed by atoms with Crippen molar-refractivity contribution in [2.45, 2.75) is 25.8 Å². The van der Waals surface area contributed by atoms with Crippen molar-refractivity contribution in [1.82, 2.24) is 14.8 Å². The summed E-state index contributed by atoms with van der Waals surface area (Å²) in [6.07, 6.45) is 1.12. The van der Waals surface area contributed by atoms with E-state index in [1.165, 1.54) is 0 Å². The minimum atomic E-state index is 0.0175. The molecule has 1 amide bonds. The van der Waals surface area contributed by atoms with Gasteiger partial charge < -0.3 is 14.6 Å². The van der Waals surface area contributed by atoms with Crippen molar-refractivity contribution in [2.75, 3.05) is 44.4 Å². The molecule has 1 N–H and O–H groups in total. The fraction of sp³-hybridized carbons (Fsp3) is 0.500. The molecule has 2 aliphatic heterocycles. The number of carbonyl (C=O) groups excluding carboxylic acids is 1. The molecule has 2 aromatic rings. The Bertz CT molecular complexity index is 886. The van der Waals surface area contributed by atoms with E-state index in [0.717, 1.165) is 71.3 Å². The highest BCUT2D eigenvalue weighted by Gasteiger charge is 2.41. The molecule has 1 aromatic heterocycles. The van der Waals surface area contributed by atoms with Gasteiger partial charge >= 0.3 is 0 Å². The van der Waals surface area contributed by atoms with Gasteiger partial charge in [0.15, 0.2) is 0 Å². The summed E-state index contributed by atoms with van der Waals surface area (Å²) in [6.45, 7) is 8.24. The van der Waals surface area contributed by atoms with Crippen LogP contribution in [0.1, 0.15) is 28.2 Å². The lowest BCUT2D eigenvalue weighted by Crippen LogP contribution is -2.59. The maximum absolute atomic E-state index is 13.1. The van der Waals surface area contributed by atoms with Crippen LogP contribution in [-0.2, 0) is 4.74 Å². The molecule has 0 saturated carbocycles. The number of nitrogens with zero attached hydrogens (tertiary/aromatic N) is 2. The Labute approximate surface area is 185 Å². The molecule has 7 heteroatoms. The predicted octanol–water partition coefficient (Wildman–Crippen LogP) is 3.79. The SMILES string of the molecule is Cc1cc(C(=O)NCC2(N3CCOCC3)CCSC2)c(C)n1-c1cccc(Br)c1. The number of hydrogen-bond acceptors (Lipinski definition) is 4. The molecule has 1 atom stereocenters. The Kier molecular flexibility index (Phi) is 6.39. The van der Waals surface area contributed by atoms with Gasteiger partial charge in [-0.2, -0.15) is 11.8 Å². The number of morpholine rings is 1. The average Bonchev–Trinajstić information content (AvgIpc) is 3.32. The number of carbonyl (C=O) groups is 1. The molecule has 1 unspecified atom stereocenters. The third-order valence-electron chi connectivity index (χ3n) is 6.08. The summed E-state index contributed by atoms with van der Waals surface area (Å²) >= 11 is 5.53. The maximum atomic E-state index is 13.1. The first-order chi connectivity index (χ1) is 14.0. The topological polar surface area (TPSA) is 46.5 Å². The van der Waals surface area contributed by atoms with Gasteiger partial charge in [-0.15, -0.1) is 0 Å². The lowest BCUT2D eigenvalue weighted by atomic mass is 9.95. The highest BCUT2D eigenvalue weighted by molar-refractivity contribution is 9.10. The number of benzene rings is 1. The van der Waals surface area contributed by atoms with Gasteiger partial charge in [-0.1, -0.05) is 22.0 Å². The van der Waals surface area contributed by atoms with Gasteiger partial charge in [0.2, 0.25) is 0 Å². The molecular formula is C22H28BrN3O2S. The lowest BCUT2D eigenvalue weighted by Gasteiger charge is -2.43. The minimum Gasteiger partial charge on any atom is -0.379 e.